The third-order valence-corrected chi connectivity index (χ3v) is 7.48. The molecule has 1 aromatic carbocycles. The van der Waals surface area contributed by atoms with Crippen LogP contribution in [0.15, 0.2) is 47.6 Å². The fraction of sp³-hybridized carbons (Fsp3) is 0.429. The Balaban J connectivity index is 1.08. The number of piperazine rings is 1. The number of rotatable bonds is 7. The number of nitrogens with one attached hydrogen (secondary N) is 2. The molecule has 192 valence electrons. The standard InChI is InChI=1S/C28H34N8O/c37-27(36-17-15-35(16-18-36)14-13-34-11-3-4-12-34)26-20-21-19-22(6-7-23(21)32-26)31-28-30-10-8-25(33-28)24-5-1-2-9-29-24/h5-10,19-20,32H,1-4,11-18H2,(H,30,31,33). The molecule has 1 amide bonds. The zero-order chi connectivity index (χ0) is 25.0. The van der Waals surface area contributed by atoms with Crippen molar-refractivity contribution in [3.63, 3.8) is 0 Å². The Labute approximate surface area is 217 Å². The predicted molar refractivity (Wildman–Crippen MR) is 147 cm³/mol. The number of aliphatic imine (C=N–C) groups is 1. The second-order valence-corrected chi connectivity index (χ2v) is 10.0. The maximum absolute atomic E-state index is 13.2. The molecule has 0 bridgehead atoms. The number of allylic oxidation sites excluding steroid dienone is 1. The summed E-state index contributed by atoms with van der Waals surface area (Å²) < 4.78 is 0. The summed E-state index contributed by atoms with van der Waals surface area (Å²) >= 11 is 0. The summed E-state index contributed by atoms with van der Waals surface area (Å²) in [6.07, 6.45) is 10.4. The smallest absolute Gasteiger partial charge is 0.270 e. The lowest BCUT2D eigenvalue weighted by Gasteiger charge is -2.35. The molecule has 3 aliphatic heterocycles. The summed E-state index contributed by atoms with van der Waals surface area (Å²) in [6, 6.07) is 9.80. The SMILES string of the molecule is O=C(c1cc2cc(Nc3nccc(C4=CCCC=N4)n3)ccc2[nH]1)N1CCN(CCN2CCCC2)CC1. The van der Waals surface area contributed by atoms with Gasteiger partial charge in [-0.1, -0.05) is 6.08 Å². The van der Waals surface area contributed by atoms with Gasteiger partial charge in [-0.3, -0.25) is 14.7 Å². The van der Waals surface area contributed by atoms with Crippen LogP contribution in [0.5, 0.6) is 0 Å². The highest BCUT2D eigenvalue weighted by molar-refractivity contribution is 5.98. The molecule has 5 heterocycles. The minimum atomic E-state index is 0.0715. The van der Waals surface area contributed by atoms with Crippen LogP contribution in [0.3, 0.4) is 0 Å². The lowest BCUT2D eigenvalue weighted by Crippen LogP contribution is -2.50. The largest absolute Gasteiger partial charge is 0.351 e. The zero-order valence-corrected chi connectivity index (χ0v) is 21.2. The lowest BCUT2D eigenvalue weighted by atomic mass is 10.2. The van der Waals surface area contributed by atoms with Gasteiger partial charge in [0.2, 0.25) is 5.95 Å². The number of H-pyrrole nitrogens is 1. The van der Waals surface area contributed by atoms with Crippen LogP contribution in [0.1, 0.15) is 41.9 Å². The molecule has 2 N–H and O–H groups in total. The minimum Gasteiger partial charge on any atom is -0.351 e. The number of nitrogens with zero attached hydrogens (tertiary/aromatic N) is 6. The van der Waals surface area contributed by atoms with E-state index < -0.39 is 0 Å². The molecule has 2 saturated heterocycles. The van der Waals surface area contributed by atoms with Gasteiger partial charge in [0, 0.05) is 68.3 Å². The minimum absolute atomic E-state index is 0.0715. The van der Waals surface area contributed by atoms with Crippen molar-refractivity contribution in [2.45, 2.75) is 25.7 Å². The Bertz CT molecular complexity index is 1310. The van der Waals surface area contributed by atoms with Crippen molar-refractivity contribution >= 4 is 40.4 Å². The number of anilines is 2. The van der Waals surface area contributed by atoms with Crippen molar-refractivity contribution in [1.82, 2.24) is 29.7 Å². The zero-order valence-electron chi connectivity index (χ0n) is 21.2. The maximum Gasteiger partial charge on any atom is 0.270 e. The van der Waals surface area contributed by atoms with E-state index in [9.17, 15) is 4.79 Å². The first-order chi connectivity index (χ1) is 18.2. The summed E-state index contributed by atoms with van der Waals surface area (Å²) in [5, 5.41) is 4.27. The molecule has 0 aliphatic carbocycles. The van der Waals surface area contributed by atoms with E-state index in [0.717, 1.165) is 80.1 Å². The molecule has 3 aliphatic rings. The molecule has 9 nitrogen and oxygen atoms in total. The summed E-state index contributed by atoms with van der Waals surface area (Å²) in [5.74, 6) is 0.593. The molecule has 0 unspecified atom stereocenters. The molecule has 2 fully saturated rings. The van der Waals surface area contributed by atoms with E-state index in [2.05, 4.69) is 41.1 Å². The normalized spacial score (nSPS) is 18.9. The van der Waals surface area contributed by atoms with E-state index in [4.69, 9.17) is 0 Å². The number of aromatic nitrogens is 3. The molecule has 9 heteroatoms. The Morgan fingerprint density at radius 1 is 0.946 bits per heavy atom. The second kappa shape index (κ2) is 10.8. The first-order valence-electron chi connectivity index (χ1n) is 13.4. The quantitative estimate of drug-likeness (QED) is 0.515. The third-order valence-electron chi connectivity index (χ3n) is 7.48. The fourth-order valence-corrected chi connectivity index (χ4v) is 5.33. The first-order valence-corrected chi connectivity index (χ1v) is 13.4. The van der Waals surface area contributed by atoms with Crippen molar-refractivity contribution in [2.24, 2.45) is 4.99 Å². The van der Waals surface area contributed by atoms with Crippen LogP contribution in [0.2, 0.25) is 0 Å². The van der Waals surface area contributed by atoms with Gasteiger partial charge in [-0.05, 0) is 69.1 Å². The lowest BCUT2D eigenvalue weighted by molar-refractivity contribution is 0.0622. The van der Waals surface area contributed by atoms with E-state index in [1.54, 1.807) is 6.20 Å². The molecule has 0 atom stereocenters. The summed E-state index contributed by atoms with van der Waals surface area (Å²) in [4.78, 5) is 37.0. The van der Waals surface area contributed by atoms with Gasteiger partial charge < -0.3 is 20.1 Å². The van der Waals surface area contributed by atoms with Gasteiger partial charge in [-0.2, -0.15) is 0 Å². The van der Waals surface area contributed by atoms with Crippen LogP contribution in [-0.2, 0) is 0 Å². The Morgan fingerprint density at radius 3 is 2.54 bits per heavy atom. The molecule has 0 radical (unpaired) electrons. The van der Waals surface area contributed by atoms with E-state index in [1.165, 1.54) is 25.9 Å². The fourth-order valence-electron chi connectivity index (χ4n) is 5.33. The number of hydrogen-bond acceptors (Lipinski definition) is 7. The molecule has 6 rings (SSSR count). The molecular weight excluding hydrogens is 464 g/mol. The third kappa shape index (κ3) is 5.57. The van der Waals surface area contributed by atoms with Crippen molar-refractivity contribution in [3.8, 4) is 0 Å². The molecule has 0 saturated carbocycles. The van der Waals surface area contributed by atoms with Gasteiger partial charge in [0.1, 0.15) is 5.69 Å². The van der Waals surface area contributed by atoms with Gasteiger partial charge in [0.15, 0.2) is 0 Å². The number of carbonyl (C=O) groups is 1. The molecule has 37 heavy (non-hydrogen) atoms. The number of likely N-dealkylation sites (tertiary alicyclic amines) is 1. The number of amides is 1. The van der Waals surface area contributed by atoms with Crippen LogP contribution >= 0.6 is 0 Å². The van der Waals surface area contributed by atoms with Gasteiger partial charge in [0.25, 0.3) is 5.91 Å². The number of fused-ring (bicyclic) bond motifs is 1. The van der Waals surface area contributed by atoms with Crippen molar-refractivity contribution in [3.05, 3.63) is 54.0 Å². The topological polar surface area (TPSA) is 92.7 Å². The molecular formula is C28H34N8O. The van der Waals surface area contributed by atoms with Crippen LogP contribution < -0.4 is 5.32 Å². The summed E-state index contributed by atoms with van der Waals surface area (Å²) in [5.41, 5.74) is 4.14. The van der Waals surface area contributed by atoms with E-state index >= 15 is 0 Å². The summed E-state index contributed by atoms with van der Waals surface area (Å²) in [7, 11) is 0. The Hall–Kier alpha value is -3.56. The van der Waals surface area contributed by atoms with Gasteiger partial charge >= 0.3 is 0 Å². The Kier molecular flexibility index (Phi) is 6.96. The number of benzene rings is 1. The molecule has 3 aromatic rings. The second-order valence-electron chi connectivity index (χ2n) is 10.0. The first kappa shape index (κ1) is 23.8. The summed E-state index contributed by atoms with van der Waals surface area (Å²) in [6.45, 7) is 8.15. The highest BCUT2D eigenvalue weighted by Gasteiger charge is 2.24. The predicted octanol–water partition coefficient (Wildman–Crippen LogP) is 3.76. The number of carbonyl (C=O) groups excluding carboxylic acids is 1. The maximum atomic E-state index is 13.2. The van der Waals surface area contributed by atoms with E-state index in [0.29, 0.717) is 11.6 Å². The van der Waals surface area contributed by atoms with Gasteiger partial charge in [-0.25, -0.2) is 9.97 Å². The van der Waals surface area contributed by atoms with E-state index in [-0.39, 0.29) is 5.91 Å². The van der Waals surface area contributed by atoms with Crippen molar-refractivity contribution in [1.29, 1.82) is 0 Å². The molecule has 2 aromatic heterocycles. The number of hydrogen-bond donors (Lipinski definition) is 2. The van der Waals surface area contributed by atoms with Crippen molar-refractivity contribution < 1.29 is 4.79 Å². The highest BCUT2D eigenvalue weighted by atomic mass is 16.2. The van der Waals surface area contributed by atoms with Crippen LogP contribution in [-0.4, -0.2) is 94.1 Å². The van der Waals surface area contributed by atoms with E-state index in [1.807, 2.05) is 41.4 Å². The average Bonchev–Trinajstić information content (AvgIpc) is 3.62. The molecule has 0 spiro atoms. The van der Waals surface area contributed by atoms with Crippen LogP contribution in [0.25, 0.3) is 16.6 Å². The van der Waals surface area contributed by atoms with Gasteiger partial charge in [-0.15, -0.1) is 0 Å². The van der Waals surface area contributed by atoms with Crippen LogP contribution in [0, 0.1) is 0 Å². The van der Waals surface area contributed by atoms with Crippen LogP contribution in [0.4, 0.5) is 11.6 Å². The monoisotopic (exact) mass is 498 g/mol. The van der Waals surface area contributed by atoms with Gasteiger partial charge in [0.05, 0.1) is 11.4 Å². The Morgan fingerprint density at radius 2 is 1.76 bits per heavy atom. The van der Waals surface area contributed by atoms with Crippen molar-refractivity contribution in [2.75, 3.05) is 57.7 Å². The average molecular weight is 499 g/mol. The number of aromatic amines is 1. The highest BCUT2D eigenvalue weighted by Crippen LogP contribution is 2.24.